The first-order valence-corrected chi connectivity index (χ1v) is 6.47. The van der Waals surface area contributed by atoms with Gasteiger partial charge in [0.05, 0.1) is 6.54 Å². The van der Waals surface area contributed by atoms with E-state index in [2.05, 4.69) is 5.32 Å². The number of amides is 2. The summed E-state index contributed by atoms with van der Waals surface area (Å²) in [6.45, 7) is 4.60. The number of hydrogen-bond donors (Lipinski definition) is 3. The first-order valence-electron chi connectivity index (χ1n) is 6.47. The van der Waals surface area contributed by atoms with Crippen molar-refractivity contribution < 1.29 is 9.59 Å². The Hall–Kier alpha value is -2.24. The van der Waals surface area contributed by atoms with Crippen LogP contribution >= 0.6 is 0 Å². The van der Waals surface area contributed by atoms with Crippen LogP contribution in [0, 0.1) is 5.92 Å². The summed E-state index contributed by atoms with van der Waals surface area (Å²) in [6.07, 6.45) is 0. The van der Waals surface area contributed by atoms with Crippen LogP contribution in [0.2, 0.25) is 0 Å². The Balaban J connectivity index is 2.64. The third-order valence-corrected chi connectivity index (χ3v) is 2.66. The summed E-state index contributed by atoms with van der Waals surface area (Å²) in [5.41, 5.74) is 12.5. The van der Waals surface area contributed by atoms with Crippen LogP contribution < -0.4 is 16.8 Å². The number of nitrogens with zero attached hydrogens (tertiary/aromatic N) is 1. The molecule has 1 rings (SSSR count). The van der Waals surface area contributed by atoms with E-state index in [0.29, 0.717) is 29.4 Å². The molecule has 0 aliphatic rings. The number of hydrogen-bond acceptors (Lipinski definition) is 4. The molecule has 0 aromatic heterocycles. The Kier molecular flexibility index (Phi) is 5.37. The zero-order chi connectivity index (χ0) is 15.3. The highest BCUT2D eigenvalue weighted by Gasteiger charge is 2.15. The summed E-state index contributed by atoms with van der Waals surface area (Å²) in [4.78, 5) is 25.2. The van der Waals surface area contributed by atoms with E-state index in [1.54, 1.807) is 25.2 Å². The molecule has 2 amide bonds. The minimum absolute atomic E-state index is 0.000255. The van der Waals surface area contributed by atoms with Crippen LogP contribution in [-0.2, 0) is 4.79 Å². The number of nitrogens with one attached hydrogen (secondary N) is 1. The lowest BCUT2D eigenvalue weighted by Gasteiger charge is -2.18. The molecule has 0 saturated carbocycles. The summed E-state index contributed by atoms with van der Waals surface area (Å²) in [5, 5.41) is 2.76. The smallest absolute Gasteiger partial charge is 0.254 e. The van der Waals surface area contributed by atoms with Gasteiger partial charge in [0.1, 0.15) is 0 Å². The molecular formula is C14H22N4O2. The Morgan fingerprint density at radius 3 is 2.25 bits per heavy atom. The number of carbonyl (C=O) groups excluding carboxylic acids is 2. The molecule has 6 nitrogen and oxygen atoms in total. The molecule has 1 aromatic carbocycles. The summed E-state index contributed by atoms with van der Waals surface area (Å²) in [5.74, 6) is -0.108. The molecule has 0 bridgehead atoms. The molecule has 0 radical (unpaired) electrons. The van der Waals surface area contributed by atoms with Crippen molar-refractivity contribution in [3.05, 3.63) is 23.8 Å². The number of nitrogen functional groups attached to an aromatic ring is 2. The normalized spacial score (nSPS) is 10.4. The van der Waals surface area contributed by atoms with Gasteiger partial charge in [0, 0.05) is 30.5 Å². The maximum Gasteiger partial charge on any atom is 0.254 e. The van der Waals surface area contributed by atoms with Gasteiger partial charge in [-0.25, -0.2) is 0 Å². The van der Waals surface area contributed by atoms with Crippen LogP contribution in [0.3, 0.4) is 0 Å². The molecule has 110 valence electrons. The van der Waals surface area contributed by atoms with Crippen molar-refractivity contribution in [2.75, 3.05) is 31.6 Å². The lowest BCUT2D eigenvalue weighted by molar-refractivity contribution is -0.121. The molecule has 0 spiro atoms. The molecule has 0 heterocycles. The Bertz CT molecular complexity index is 480. The fourth-order valence-corrected chi connectivity index (χ4v) is 1.68. The van der Waals surface area contributed by atoms with Crippen molar-refractivity contribution in [3.63, 3.8) is 0 Å². The quantitative estimate of drug-likeness (QED) is 0.690. The van der Waals surface area contributed by atoms with Crippen LogP contribution in [0.4, 0.5) is 11.4 Å². The molecule has 0 aliphatic carbocycles. The molecule has 0 unspecified atom stereocenters. The molecule has 5 N–H and O–H groups in total. The molecule has 0 aliphatic heterocycles. The van der Waals surface area contributed by atoms with E-state index < -0.39 is 0 Å². The predicted molar refractivity (Wildman–Crippen MR) is 80.1 cm³/mol. The molecule has 0 saturated heterocycles. The first-order chi connectivity index (χ1) is 9.29. The minimum Gasteiger partial charge on any atom is -0.399 e. The molecule has 20 heavy (non-hydrogen) atoms. The van der Waals surface area contributed by atoms with E-state index in [4.69, 9.17) is 11.5 Å². The molecule has 1 aromatic rings. The Labute approximate surface area is 119 Å². The molecule has 0 fully saturated rings. The van der Waals surface area contributed by atoms with Crippen LogP contribution in [0.5, 0.6) is 0 Å². The van der Waals surface area contributed by atoms with E-state index >= 15 is 0 Å². The van der Waals surface area contributed by atoms with Gasteiger partial charge >= 0.3 is 0 Å². The van der Waals surface area contributed by atoms with Gasteiger partial charge in [-0.15, -0.1) is 0 Å². The average Bonchev–Trinajstić information content (AvgIpc) is 2.34. The number of rotatable bonds is 5. The van der Waals surface area contributed by atoms with E-state index in [1.807, 2.05) is 13.8 Å². The highest BCUT2D eigenvalue weighted by atomic mass is 16.2. The number of anilines is 2. The van der Waals surface area contributed by atoms with Gasteiger partial charge in [-0.2, -0.15) is 0 Å². The zero-order valence-electron chi connectivity index (χ0n) is 12.1. The van der Waals surface area contributed by atoms with Crippen LogP contribution in [-0.4, -0.2) is 36.9 Å². The monoisotopic (exact) mass is 278 g/mol. The van der Waals surface area contributed by atoms with Gasteiger partial charge in [0.2, 0.25) is 5.91 Å². The van der Waals surface area contributed by atoms with E-state index in [0.717, 1.165) is 0 Å². The Morgan fingerprint density at radius 1 is 1.20 bits per heavy atom. The van der Waals surface area contributed by atoms with Gasteiger partial charge in [0.25, 0.3) is 5.91 Å². The van der Waals surface area contributed by atoms with Gasteiger partial charge < -0.3 is 21.7 Å². The number of likely N-dealkylation sites (N-methyl/N-ethyl adjacent to an activating group) is 1. The summed E-state index contributed by atoms with van der Waals surface area (Å²) < 4.78 is 0. The third-order valence-electron chi connectivity index (χ3n) is 2.66. The molecule has 6 heteroatoms. The van der Waals surface area contributed by atoms with Crippen LogP contribution in [0.1, 0.15) is 24.2 Å². The van der Waals surface area contributed by atoms with Gasteiger partial charge in [-0.3, -0.25) is 9.59 Å². The highest BCUT2D eigenvalue weighted by Crippen LogP contribution is 2.15. The second-order valence-corrected chi connectivity index (χ2v) is 5.25. The van der Waals surface area contributed by atoms with E-state index in [9.17, 15) is 9.59 Å². The summed E-state index contributed by atoms with van der Waals surface area (Å²) in [6, 6.07) is 4.66. The van der Waals surface area contributed by atoms with Crippen molar-refractivity contribution >= 4 is 23.2 Å². The van der Waals surface area contributed by atoms with Crippen molar-refractivity contribution in [2.45, 2.75) is 13.8 Å². The molecule has 0 atom stereocenters. The SMILES string of the molecule is CC(C)CNC(=O)CN(C)C(=O)c1cc(N)cc(N)c1. The van der Waals surface area contributed by atoms with Crippen molar-refractivity contribution in [3.8, 4) is 0 Å². The first kappa shape index (κ1) is 15.8. The third kappa shape index (κ3) is 4.79. The predicted octanol–water partition coefficient (Wildman–Crippen LogP) is 0.695. The standard InChI is InChI=1S/C14H22N4O2/c1-9(2)7-17-13(19)8-18(3)14(20)10-4-11(15)6-12(16)5-10/h4-6,9H,7-8,15-16H2,1-3H3,(H,17,19). The summed E-state index contributed by atoms with van der Waals surface area (Å²) >= 11 is 0. The van der Waals surface area contributed by atoms with Crippen LogP contribution in [0.25, 0.3) is 0 Å². The number of benzene rings is 1. The van der Waals surface area contributed by atoms with Crippen molar-refractivity contribution in [1.82, 2.24) is 10.2 Å². The zero-order valence-corrected chi connectivity index (χ0v) is 12.1. The van der Waals surface area contributed by atoms with Crippen LogP contribution in [0.15, 0.2) is 18.2 Å². The van der Waals surface area contributed by atoms with Crippen molar-refractivity contribution in [1.29, 1.82) is 0 Å². The second-order valence-electron chi connectivity index (χ2n) is 5.25. The topological polar surface area (TPSA) is 101 Å². The van der Waals surface area contributed by atoms with E-state index in [-0.39, 0.29) is 18.4 Å². The van der Waals surface area contributed by atoms with Gasteiger partial charge in [0.15, 0.2) is 0 Å². The lowest BCUT2D eigenvalue weighted by atomic mass is 10.1. The minimum atomic E-state index is -0.288. The summed E-state index contributed by atoms with van der Waals surface area (Å²) in [7, 11) is 1.57. The van der Waals surface area contributed by atoms with E-state index in [1.165, 1.54) is 4.90 Å². The fourth-order valence-electron chi connectivity index (χ4n) is 1.68. The lowest BCUT2D eigenvalue weighted by Crippen LogP contribution is -2.39. The second kappa shape index (κ2) is 6.79. The molecular weight excluding hydrogens is 256 g/mol. The average molecular weight is 278 g/mol. The largest absolute Gasteiger partial charge is 0.399 e. The van der Waals surface area contributed by atoms with Crippen molar-refractivity contribution in [2.24, 2.45) is 5.92 Å². The fraction of sp³-hybridized carbons (Fsp3) is 0.429. The number of carbonyl (C=O) groups is 2. The highest BCUT2D eigenvalue weighted by molar-refractivity contribution is 5.97. The maximum atomic E-state index is 12.2. The maximum absolute atomic E-state index is 12.2. The van der Waals surface area contributed by atoms with Gasteiger partial charge in [-0.1, -0.05) is 13.8 Å². The number of nitrogens with two attached hydrogens (primary N) is 2. The Morgan fingerprint density at radius 2 is 1.75 bits per heavy atom. The van der Waals surface area contributed by atoms with Gasteiger partial charge in [-0.05, 0) is 24.1 Å².